The van der Waals surface area contributed by atoms with Crippen LogP contribution >= 0.6 is 0 Å². The number of amides is 1. The van der Waals surface area contributed by atoms with Crippen molar-refractivity contribution in [1.82, 2.24) is 4.90 Å². The highest BCUT2D eigenvalue weighted by Gasteiger charge is 2.42. The van der Waals surface area contributed by atoms with Crippen molar-refractivity contribution < 1.29 is 14.3 Å². The number of β-amino-alcohol motifs (C(OH)–C–C–N with tert-alkyl or cyclic N) is 1. The SMILES string of the molecule is Cc1ccc([C@H]2c3c(oc4ccccc4c3=O)C(=O)N2CCO)cc1. The molecule has 0 radical (unpaired) electrons. The summed E-state index contributed by atoms with van der Waals surface area (Å²) in [6, 6.07) is 14.1. The number of fused-ring (bicyclic) bond motifs is 2. The zero-order valence-corrected chi connectivity index (χ0v) is 13.7. The van der Waals surface area contributed by atoms with Crippen molar-refractivity contribution in [2.24, 2.45) is 0 Å². The molecule has 0 unspecified atom stereocenters. The molecule has 126 valence electrons. The number of carbonyl (C=O) groups is 1. The highest BCUT2D eigenvalue weighted by atomic mass is 16.3. The Balaban J connectivity index is 2.00. The third-order valence-corrected chi connectivity index (χ3v) is 4.61. The summed E-state index contributed by atoms with van der Waals surface area (Å²) < 4.78 is 5.78. The van der Waals surface area contributed by atoms with Gasteiger partial charge in [0.15, 0.2) is 5.43 Å². The lowest BCUT2D eigenvalue weighted by molar-refractivity contribution is 0.0691. The van der Waals surface area contributed by atoms with Crippen LogP contribution in [0.5, 0.6) is 0 Å². The second-order valence-corrected chi connectivity index (χ2v) is 6.21. The van der Waals surface area contributed by atoms with E-state index in [9.17, 15) is 14.7 Å². The molecule has 0 bridgehead atoms. The van der Waals surface area contributed by atoms with Crippen LogP contribution in [-0.4, -0.2) is 29.1 Å². The largest absolute Gasteiger partial charge is 0.450 e. The van der Waals surface area contributed by atoms with Gasteiger partial charge in [0.1, 0.15) is 5.58 Å². The Labute approximate surface area is 144 Å². The van der Waals surface area contributed by atoms with E-state index in [1.165, 1.54) is 4.90 Å². The van der Waals surface area contributed by atoms with Crippen LogP contribution in [0, 0.1) is 6.92 Å². The van der Waals surface area contributed by atoms with Crippen LogP contribution in [0.3, 0.4) is 0 Å². The van der Waals surface area contributed by atoms with E-state index in [1.807, 2.05) is 31.2 Å². The molecule has 25 heavy (non-hydrogen) atoms. The smallest absolute Gasteiger partial charge is 0.290 e. The lowest BCUT2D eigenvalue weighted by atomic mass is 9.98. The van der Waals surface area contributed by atoms with E-state index in [4.69, 9.17) is 4.42 Å². The third-order valence-electron chi connectivity index (χ3n) is 4.61. The highest BCUT2D eigenvalue weighted by molar-refractivity contribution is 5.99. The lowest BCUT2D eigenvalue weighted by Crippen LogP contribution is -2.32. The average molecular weight is 335 g/mol. The van der Waals surface area contributed by atoms with E-state index < -0.39 is 6.04 Å². The molecule has 1 aliphatic rings. The van der Waals surface area contributed by atoms with Crippen molar-refractivity contribution in [2.45, 2.75) is 13.0 Å². The normalized spacial score (nSPS) is 16.5. The summed E-state index contributed by atoms with van der Waals surface area (Å²) in [6.45, 7) is 1.93. The van der Waals surface area contributed by atoms with Gasteiger partial charge in [0, 0.05) is 6.54 Å². The molecule has 1 aromatic heterocycles. The summed E-state index contributed by atoms with van der Waals surface area (Å²) in [5.74, 6) is -0.291. The van der Waals surface area contributed by atoms with Gasteiger partial charge in [0.05, 0.1) is 23.6 Å². The minimum Gasteiger partial charge on any atom is -0.450 e. The quantitative estimate of drug-likeness (QED) is 0.799. The van der Waals surface area contributed by atoms with Gasteiger partial charge in [-0.05, 0) is 24.6 Å². The van der Waals surface area contributed by atoms with E-state index in [-0.39, 0.29) is 30.2 Å². The molecule has 2 aromatic carbocycles. The Kier molecular flexibility index (Phi) is 3.66. The van der Waals surface area contributed by atoms with Gasteiger partial charge in [0.25, 0.3) is 5.91 Å². The number of aliphatic hydroxyl groups excluding tert-OH is 1. The van der Waals surface area contributed by atoms with Crippen LogP contribution in [0.25, 0.3) is 11.0 Å². The summed E-state index contributed by atoms with van der Waals surface area (Å²) in [6.07, 6.45) is 0. The summed E-state index contributed by atoms with van der Waals surface area (Å²) in [4.78, 5) is 27.4. The van der Waals surface area contributed by atoms with Crippen LogP contribution in [0.15, 0.2) is 57.7 Å². The van der Waals surface area contributed by atoms with E-state index in [0.29, 0.717) is 16.5 Å². The van der Waals surface area contributed by atoms with Gasteiger partial charge in [-0.15, -0.1) is 0 Å². The molecule has 5 nitrogen and oxygen atoms in total. The molecule has 1 atom stereocenters. The summed E-state index contributed by atoms with van der Waals surface area (Å²) in [7, 11) is 0. The highest BCUT2D eigenvalue weighted by Crippen LogP contribution is 2.37. The number of aryl methyl sites for hydroxylation is 1. The molecule has 4 rings (SSSR count). The number of rotatable bonds is 3. The molecular weight excluding hydrogens is 318 g/mol. The molecule has 0 saturated heterocycles. The maximum Gasteiger partial charge on any atom is 0.290 e. The van der Waals surface area contributed by atoms with Crippen molar-refractivity contribution in [3.05, 3.63) is 81.2 Å². The first kappa shape index (κ1) is 15.6. The molecule has 1 aliphatic heterocycles. The Morgan fingerprint density at radius 3 is 2.52 bits per heavy atom. The van der Waals surface area contributed by atoms with Gasteiger partial charge in [-0.1, -0.05) is 42.0 Å². The number of benzene rings is 2. The zero-order valence-electron chi connectivity index (χ0n) is 13.7. The van der Waals surface area contributed by atoms with Crippen LogP contribution in [0.2, 0.25) is 0 Å². The summed E-state index contributed by atoms with van der Waals surface area (Å²) in [5.41, 5.74) is 2.46. The molecule has 0 fully saturated rings. The van der Waals surface area contributed by atoms with E-state index in [2.05, 4.69) is 0 Å². The fraction of sp³-hybridized carbons (Fsp3) is 0.200. The number of hydrogen-bond donors (Lipinski definition) is 1. The monoisotopic (exact) mass is 335 g/mol. The molecule has 0 spiro atoms. The Hall–Kier alpha value is -2.92. The molecular formula is C20H17NO4. The van der Waals surface area contributed by atoms with Gasteiger partial charge in [-0.3, -0.25) is 9.59 Å². The second-order valence-electron chi connectivity index (χ2n) is 6.21. The average Bonchev–Trinajstić information content (AvgIpc) is 2.89. The number of para-hydroxylation sites is 1. The molecule has 0 aliphatic carbocycles. The van der Waals surface area contributed by atoms with Crippen LogP contribution in [-0.2, 0) is 0 Å². The predicted molar refractivity (Wildman–Crippen MR) is 93.6 cm³/mol. The number of carbonyl (C=O) groups excluding carboxylic acids is 1. The Morgan fingerprint density at radius 1 is 1.08 bits per heavy atom. The molecule has 5 heteroatoms. The standard InChI is InChI=1S/C20H17NO4/c1-12-6-8-13(9-7-12)17-16-18(23)14-4-2-3-5-15(14)25-19(16)20(24)21(17)10-11-22/h2-9,17,22H,10-11H2,1H3/t17-/m0/s1. The maximum absolute atomic E-state index is 13.1. The summed E-state index contributed by atoms with van der Waals surface area (Å²) >= 11 is 0. The van der Waals surface area contributed by atoms with Crippen LogP contribution in [0.1, 0.15) is 33.3 Å². The zero-order chi connectivity index (χ0) is 17.6. The molecule has 0 saturated carbocycles. The van der Waals surface area contributed by atoms with Gasteiger partial charge in [-0.2, -0.15) is 0 Å². The Morgan fingerprint density at radius 2 is 1.80 bits per heavy atom. The fourth-order valence-electron chi connectivity index (χ4n) is 3.40. The van der Waals surface area contributed by atoms with E-state index >= 15 is 0 Å². The van der Waals surface area contributed by atoms with Gasteiger partial charge < -0.3 is 14.4 Å². The predicted octanol–water partition coefficient (Wildman–Crippen LogP) is 2.64. The van der Waals surface area contributed by atoms with Gasteiger partial charge >= 0.3 is 0 Å². The third kappa shape index (κ3) is 2.36. The van der Waals surface area contributed by atoms with Crippen molar-refractivity contribution in [2.75, 3.05) is 13.2 Å². The first-order chi connectivity index (χ1) is 12.1. The molecule has 2 heterocycles. The molecule has 1 N–H and O–H groups in total. The molecule has 1 amide bonds. The van der Waals surface area contributed by atoms with Crippen molar-refractivity contribution >= 4 is 16.9 Å². The minimum absolute atomic E-state index is 0.0720. The van der Waals surface area contributed by atoms with Gasteiger partial charge in [-0.25, -0.2) is 0 Å². The maximum atomic E-state index is 13.1. The lowest BCUT2D eigenvalue weighted by Gasteiger charge is -2.24. The van der Waals surface area contributed by atoms with Crippen molar-refractivity contribution in [3.8, 4) is 0 Å². The summed E-state index contributed by atoms with van der Waals surface area (Å²) in [5, 5.41) is 9.84. The number of aliphatic hydroxyl groups is 1. The number of hydrogen-bond acceptors (Lipinski definition) is 4. The van der Waals surface area contributed by atoms with Crippen LogP contribution < -0.4 is 5.43 Å². The van der Waals surface area contributed by atoms with Crippen molar-refractivity contribution in [3.63, 3.8) is 0 Å². The first-order valence-corrected chi connectivity index (χ1v) is 8.16. The Bertz CT molecular complexity index is 1020. The van der Waals surface area contributed by atoms with E-state index in [0.717, 1.165) is 11.1 Å². The number of nitrogens with zero attached hydrogens (tertiary/aromatic N) is 1. The topological polar surface area (TPSA) is 70.8 Å². The van der Waals surface area contributed by atoms with Gasteiger partial charge in [0.2, 0.25) is 5.76 Å². The minimum atomic E-state index is -0.545. The van der Waals surface area contributed by atoms with E-state index in [1.54, 1.807) is 24.3 Å². The second kappa shape index (κ2) is 5.86. The van der Waals surface area contributed by atoms with Crippen LogP contribution in [0.4, 0.5) is 0 Å². The molecule has 3 aromatic rings. The van der Waals surface area contributed by atoms with Crippen molar-refractivity contribution in [1.29, 1.82) is 0 Å². The fourth-order valence-corrected chi connectivity index (χ4v) is 3.40. The first-order valence-electron chi connectivity index (χ1n) is 8.16.